The molecule has 218 valence electrons. The van der Waals surface area contributed by atoms with E-state index in [1.165, 1.54) is 0 Å². The van der Waals surface area contributed by atoms with E-state index in [0.29, 0.717) is 25.7 Å². The Kier molecular flexibility index (Phi) is 12.4. The molecule has 0 radical (unpaired) electrons. The van der Waals surface area contributed by atoms with Gasteiger partial charge < -0.3 is 25.5 Å². The Morgan fingerprint density at radius 3 is 2.34 bits per heavy atom. The van der Waals surface area contributed by atoms with E-state index in [0.717, 1.165) is 22.0 Å². The number of fused-ring (bicyclic) bond motifs is 1. The van der Waals surface area contributed by atoms with Crippen molar-refractivity contribution in [1.29, 1.82) is 0 Å². The largest absolute Gasteiger partial charge is 0.463 e. The first kappa shape index (κ1) is 31.4. The van der Waals surface area contributed by atoms with E-state index < -0.39 is 23.9 Å². The van der Waals surface area contributed by atoms with E-state index in [2.05, 4.69) is 28.8 Å². The number of nitrogens with one attached hydrogen (secondary N) is 3. The standard InChI is InChI=1S/C33H41N3O5/c1-4-11-25(19-31(38)35-23(3)21-37)32(39)36-28(18-27-20-34-30-16-10-9-15-29(27)30)22-41-33(40)26(12-5-2)17-24-13-7-6-8-14-24/h4-10,13-16,20,23,25-26,28,34,37H,1-2,11-12,17-19,21-22H2,3H3,(H,35,38)(H,36,39)/t23-,25+,26+,28-/m0/s1. The average molecular weight is 560 g/mol. The van der Waals surface area contributed by atoms with Crippen LogP contribution in [0, 0.1) is 11.8 Å². The molecular formula is C33H41N3O5. The van der Waals surface area contributed by atoms with Crippen LogP contribution in [0.2, 0.25) is 0 Å². The lowest BCUT2D eigenvalue weighted by atomic mass is 9.96. The highest BCUT2D eigenvalue weighted by Crippen LogP contribution is 2.21. The van der Waals surface area contributed by atoms with Crippen molar-refractivity contribution in [2.75, 3.05) is 13.2 Å². The SMILES string of the molecule is C=CC[C@H](CC(=O)N[C@@H](C)CO)C(=O)N[C@H](COC(=O)[C@H](CC=C)Cc1ccccc1)Cc1c[nH]c2ccccc12. The van der Waals surface area contributed by atoms with Crippen molar-refractivity contribution < 1.29 is 24.2 Å². The Morgan fingerprint density at radius 1 is 0.951 bits per heavy atom. The van der Waals surface area contributed by atoms with Crippen LogP contribution in [-0.2, 0) is 32.0 Å². The Labute approximate surface area is 241 Å². The number of ether oxygens (including phenoxy) is 1. The fourth-order valence-corrected chi connectivity index (χ4v) is 4.79. The van der Waals surface area contributed by atoms with Crippen LogP contribution in [0.3, 0.4) is 0 Å². The molecule has 3 aromatic rings. The van der Waals surface area contributed by atoms with Gasteiger partial charge in [-0.2, -0.15) is 0 Å². The summed E-state index contributed by atoms with van der Waals surface area (Å²) in [5, 5.41) is 16.0. The molecule has 4 N–H and O–H groups in total. The molecule has 0 saturated heterocycles. The minimum absolute atomic E-state index is 0.0267. The number of hydrogen-bond acceptors (Lipinski definition) is 5. The van der Waals surface area contributed by atoms with Crippen molar-refractivity contribution in [2.45, 2.75) is 51.1 Å². The maximum atomic E-state index is 13.4. The topological polar surface area (TPSA) is 121 Å². The summed E-state index contributed by atoms with van der Waals surface area (Å²) >= 11 is 0. The van der Waals surface area contributed by atoms with Gasteiger partial charge in [0.1, 0.15) is 6.61 Å². The summed E-state index contributed by atoms with van der Waals surface area (Å²) in [6.45, 7) is 9.00. The van der Waals surface area contributed by atoms with Crippen molar-refractivity contribution in [2.24, 2.45) is 11.8 Å². The van der Waals surface area contributed by atoms with Gasteiger partial charge in [0.25, 0.3) is 0 Å². The van der Waals surface area contributed by atoms with E-state index in [9.17, 15) is 19.5 Å². The summed E-state index contributed by atoms with van der Waals surface area (Å²) in [4.78, 5) is 42.3. The smallest absolute Gasteiger partial charge is 0.309 e. The molecule has 1 aromatic heterocycles. The first-order valence-corrected chi connectivity index (χ1v) is 14.0. The number of aliphatic hydroxyl groups is 1. The molecule has 0 saturated carbocycles. The summed E-state index contributed by atoms with van der Waals surface area (Å²) in [6.07, 6.45) is 6.86. The number of benzene rings is 2. The molecule has 0 bridgehead atoms. The minimum Gasteiger partial charge on any atom is -0.463 e. The maximum absolute atomic E-state index is 13.4. The van der Waals surface area contributed by atoms with Crippen LogP contribution in [0.1, 0.15) is 37.3 Å². The van der Waals surface area contributed by atoms with Gasteiger partial charge in [-0.3, -0.25) is 14.4 Å². The second kappa shape index (κ2) is 16.2. The first-order chi connectivity index (χ1) is 19.8. The van der Waals surface area contributed by atoms with Crippen molar-refractivity contribution in [1.82, 2.24) is 15.6 Å². The summed E-state index contributed by atoms with van der Waals surface area (Å²) in [7, 11) is 0. The van der Waals surface area contributed by atoms with Gasteiger partial charge in [0, 0.05) is 29.6 Å². The van der Waals surface area contributed by atoms with E-state index in [-0.39, 0.29) is 37.4 Å². The number of aromatic nitrogens is 1. The lowest BCUT2D eigenvalue weighted by Crippen LogP contribution is -2.45. The van der Waals surface area contributed by atoms with Gasteiger partial charge in [0.15, 0.2) is 0 Å². The summed E-state index contributed by atoms with van der Waals surface area (Å²) in [6, 6.07) is 16.7. The lowest BCUT2D eigenvalue weighted by Gasteiger charge is -2.23. The van der Waals surface area contributed by atoms with Gasteiger partial charge in [0.05, 0.1) is 24.5 Å². The number of aromatic amines is 1. The Hall–Kier alpha value is -4.17. The molecule has 0 aliphatic rings. The number of allylic oxidation sites excluding steroid dienone is 2. The van der Waals surface area contributed by atoms with Crippen LogP contribution >= 0.6 is 0 Å². The highest BCUT2D eigenvalue weighted by molar-refractivity contribution is 5.86. The van der Waals surface area contributed by atoms with Crippen LogP contribution in [0.25, 0.3) is 10.9 Å². The molecule has 4 atom stereocenters. The predicted molar refractivity (Wildman–Crippen MR) is 161 cm³/mol. The van der Waals surface area contributed by atoms with Gasteiger partial charge in [-0.15, -0.1) is 13.2 Å². The molecule has 0 spiro atoms. The monoisotopic (exact) mass is 559 g/mol. The van der Waals surface area contributed by atoms with E-state index >= 15 is 0 Å². The Balaban J connectivity index is 1.75. The number of hydrogen-bond donors (Lipinski definition) is 4. The summed E-state index contributed by atoms with van der Waals surface area (Å²) in [5.74, 6) is -2.07. The number of amides is 2. The number of H-pyrrole nitrogens is 1. The van der Waals surface area contributed by atoms with Gasteiger partial charge in [-0.25, -0.2) is 0 Å². The van der Waals surface area contributed by atoms with Crippen molar-refractivity contribution in [3.8, 4) is 0 Å². The molecule has 3 rings (SSSR count). The van der Waals surface area contributed by atoms with Crippen LogP contribution in [0.5, 0.6) is 0 Å². The number of aliphatic hydroxyl groups excluding tert-OH is 1. The third kappa shape index (κ3) is 9.76. The van der Waals surface area contributed by atoms with Crippen LogP contribution in [0.4, 0.5) is 0 Å². The van der Waals surface area contributed by atoms with Gasteiger partial charge >= 0.3 is 5.97 Å². The molecule has 2 amide bonds. The number of esters is 1. The second-order valence-electron chi connectivity index (χ2n) is 10.4. The zero-order valence-electron chi connectivity index (χ0n) is 23.7. The first-order valence-electron chi connectivity index (χ1n) is 14.0. The van der Waals surface area contributed by atoms with Crippen molar-refractivity contribution >= 4 is 28.7 Å². The number of carbonyl (C=O) groups is 3. The number of rotatable bonds is 17. The van der Waals surface area contributed by atoms with Crippen LogP contribution in [0.15, 0.2) is 86.1 Å². The fraction of sp³-hybridized carbons (Fsp3) is 0.364. The number of carbonyl (C=O) groups excluding carboxylic acids is 3. The molecule has 8 heteroatoms. The molecule has 2 aromatic carbocycles. The van der Waals surface area contributed by atoms with E-state index in [4.69, 9.17) is 4.74 Å². The zero-order valence-corrected chi connectivity index (χ0v) is 23.7. The molecule has 8 nitrogen and oxygen atoms in total. The summed E-state index contributed by atoms with van der Waals surface area (Å²) in [5.41, 5.74) is 2.97. The molecule has 0 aliphatic carbocycles. The third-order valence-electron chi connectivity index (χ3n) is 6.96. The Morgan fingerprint density at radius 2 is 1.63 bits per heavy atom. The molecule has 0 unspecified atom stereocenters. The maximum Gasteiger partial charge on any atom is 0.309 e. The zero-order chi connectivity index (χ0) is 29.6. The molecular weight excluding hydrogens is 518 g/mol. The summed E-state index contributed by atoms with van der Waals surface area (Å²) < 4.78 is 5.80. The van der Waals surface area contributed by atoms with Gasteiger partial charge in [0.2, 0.25) is 11.8 Å². The van der Waals surface area contributed by atoms with Gasteiger partial charge in [-0.1, -0.05) is 60.7 Å². The second-order valence-corrected chi connectivity index (χ2v) is 10.4. The van der Waals surface area contributed by atoms with Crippen molar-refractivity contribution in [3.05, 3.63) is 97.2 Å². The minimum atomic E-state index is -0.661. The highest BCUT2D eigenvalue weighted by Gasteiger charge is 2.26. The normalized spacial score (nSPS) is 13.9. The Bertz CT molecular complexity index is 1300. The van der Waals surface area contributed by atoms with Crippen LogP contribution in [-0.4, -0.2) is 53.2 Å². The predicted octanol–water partition coefficient (Wildman–Crippen LogP) is 4.25. The fourth-order valence-electron chi connectivity index (χ4n) is 4.79. The van der Waals surface area contributed by atoms with E-state index in [1.54, 1.807) is 19.1 Å². The quantitative estimate of drug-likeness (QED) is 0.146. The number of para-hydroxylation sites is 1. The van der Waals surface area contributed by atoms with Crippen LogP contribution < -0.4 is 10.6 Å². The highest BCUT2D eigenvalue weighted by atomic mass is 16.5. The molecule has 41 heavy (non-hydrogen) atoms. The van der Waals surface area contributed by atoms with Crippen molar-refractivity contribution in [3.63, 3.8) is 0 Å². The average Bonchev–Trinajstić information content (AvgIpc) is 3.38. The third-order valence-corrected chi connectivity index (χ3v) is 6.96. The molecule has 1 heterocycles. The van der Waals surface area contributed by atoms with E-state index in [1.807, 2.05) is 60.8 Å². The van der Waals surface area contributed by atoms with Gasteiger partial charge in [-0.05, 0) is 49.8 Å². The molecule has 0 aliphatic heterocycles. The molecule has 0 fully saturated rings. The lowest BCUT2D eigenvalue weighted by molar-refractivity contribution is -0.149.